The molecule has 1 aromatic rings. The van der Waals surface area contributed by atoms with Crippen LogP contribution in [0, 0.1) is 5.92 Å². The number of benzene rings is 1. The van der Waals surface area contributed by atoms with Crippen LogP contribution >= 0.6 is 0 Å². The number of hydrogen-bond acceptors (Lipinski definition) is 3. The number of hydrogen-bond donors (Lipinski definition) is 1. The minimum atomic E-state index is -0.219. The summed E-state index contributed by atoms with van der Waals surface area (Å²) in [5.41, 5.74) is 1.90. The number of carbonyl (C=O) groups excluding carboxylic acids is 2. The molecule has 1 N–H and O–H groups in total. The number of fused-ring (bicyclic) bond motifs is 1. The molecule has 0 fully saturated rings. The van der Waals surface area contributed by atoms with E-state index in [0.717, 1.165) is 17.0 Å². The Hall–Kier alpha value is -1.84. The highest BCUT2D eigenvalue weighted by Crippen LogP contribution is 2.25. The summed E-state index contributed by atoms with van der Waals surface area (Å²) in [6.45, 7) is 6.55. The average Bonchev–Trinajstić information content (AvgIpc) is 2.62. The van der Waals surface area contributed by atoms with Crippen molar-refractivity contribution in [3.8, 4) is 0 Å². The first-order valence-electron chi connectivity index (χ1n) is 7.13. The van der Waals surface area contributed by atoms with Gasteiger partial charge in [0.25, 0.3) is 11.8 Å². The molecular formula is C16H22N2O2. The number of amides is 2. The van der Waals surface area contributed by atoms with Gasteiger partial charge in [0.15, 0.2) is 0 Å². The molecule has 108 valence electrons. The zero-order chi connectivity index (χ0) is 14.9. The molecule has 2 amide bonds. The Morgan fingerprint density at radius 2 is 1.70 bits per heavy atom. The molecule has 0 saturated heterocycles. The molecule has 0 bridgehead atoms. The summed E-state index contributed by atoms with van der Waals surface area (Å²) < 4.78 is 0. The van der Waals surface area contributed by atoms with E-state index in [2.05, 4.69) is 26.1 Å². The molecule has 2 rings (SSSR count). The fourth-order valence-electron chi connectivity index (χ4n) is 2.39. The zero-order valence-electron chi connectivity index (χ0n) is 12.6. The molecule has 20 heavy (non-hydrogen) atoms. The van der Waals surface area contributed by atoms with Gasteiger partial charge < -0.3 is 5.32 Å². The number of nitrogens with zero attached hydrogens (tertiary/aromatic N) is 1. The van der Waals surface area contributed by atoms with E-state index in [-0.39, 0.29) is 11.8 Å². The normalized spacial score (nSPS) is 15.8. The maximum Gasteiger partial charge on any atom is 0.261 e. The summed E-state index contributed by atoms with van der Waals surface area (Å²) in [5, 5.41) is 3.40. The number of rotatable bonds is 5. The van der Waals surface area contributed by atoms with E-state index in [1.165, 1.54) is 13.5 Å². The quantitative estimate of drug-likeness (QED) is 0.839. The van der Waals surface area contributed by atoms with Crippen LogP contribution in [-0.2, 0) is 0 Å². The fourth-order valence-corrected chi connectivity index (χ4v) is 2.39. The second-order valence-corrected chi connectivity index (χ2v) is 5.95. The molecule has 4 heteroatoms. The zero-order valence-corrected chi connectivity index (χ0v) is 12.6. The Kier molecular flexibility index (Phi) is 4.12. The van der Waals surface area contributed by atoms with Crippen LogP contribution < -0.4 is 5.32 Å². The highest BCUT2D eigenvalue weighted by Gasteiger charge is 2.32. The standard InChI is InChI=1S/C16H22N2O2/c1-10(2)5-6-11(3)17-12-7-8-13-14(9-12)16(20)18(4)15(13)19/h7-11,17H,5-6H2,1-4H3. The smallest absolute Gasteiger partial charge is 0.261 e. The highest BCUT2D eigenvalue weighted by atomic mass is 16.2. The predicted molar refractivity (Wildman–Crippen MR) is 80.0 cm³/mol. The summed E-state index contributed by atoms with van der Waals surface area (Å²) in [6, 6.07) is 5.73. The van der Waals surface area contributed by atoms with Crippen LogP contribution in [0.25, 0.3) is 0 Å². The third-order valence-electron chi connectivity index (χ3n) is 3.68. The molecule has 0 aliphatic carbocycles. The van der Waals surface area contributed by atoms with E-state index >= 15 is 0 Å². The summed E-state index contributed by atoms with van der Waals surface area (Å²) in [6.07, 6.45) is 2.25. The van der Waals surface area contributed by atoms with E-state index < -0.39 is 0 Å². The lowest BCUT2D eigenvalue weighted by atomic mass is 10.0. The first-order chi connectivity index (χ1) is 9.40. The fraction of sp³-hybridized carbons (Fsp3) is 0.500. The maximum atomic E-state index is 11.9. The highest BCUT2D eigenvalue weighted by molar-refractivity contribution is 6.21. The van der Waals surface area contributed by atoms with Gasteiger partial charge in [0.1, 0.15) is 0 Å². The number of imide groups is 1. The third kappa shape index (κ3) is 2.84. The van der Waals surface area contributed by atoms with Gasteiger partial charge in [-0.15, -0.1) is 0 Å². The van der Waals surface area contributed by atoms with Gasteiger partial charge >= 0.3 is 0 Å². The summed E-state index contributed by atoms with van der Waals surface area (Å²) in [5.74, 6) is 0.250. The summed E-state index contributed by atoms with van der Waals surface area (Å²) >= 11 is 0. The number of carbonyl (C=O) groups is 2. The maximum absolute atomic E-state index is 11.9. The molecule has 0 saturated carbocycles. The second-order valence-electron chi connectivity index (χ2n) is 5.95. The van der Waals surface area contributed by atoms with E-state index in [1.807, 2.05) is 6.07 Å². The van der Waals surface area contributed by atoms with Crippen LogP contribution in [0.2, 0.25) is 0 Å². The SMILES string of the molecule is CC(C)CCC(C)Nc1ccc2c(c1)C(=O)N(C)C2=O. The molecule has 1 heterocycles. The van der Waals surface area contributed by atoms with Crippen LogP contribution in [0.4, 0.5) is 5.69 Å². The van der Waals surface area contributed by atoms with Gasteiger partial charge in [-0.3, -0.25) is 14.5 Å². The van der Waals surface area contributed by atoms with E-state index in [9.17, 15) is 9.59 Å². The summed E-state index contributed by atoms with van der Waals surface area (Å²) in [4.78, 5) is 24.9. The lowest BCUT2D eigenvalue weighted by molar-refractivity contribution is 0.0693. The van der Waals surface area contributed by atoms with Crippen molar-refractivity contribution in [3.05, 3.63) is 29.3 Å². The second kappa shape index (κ2) is 5.65. The topological polar surface area (TPSA) is 49.4 Å². The molecule has 1 aliphatic heterocycles. The van der Waals surface area contributed by atoms with Crippen LogP contribution in [0.15, 0.2) is 18.2 Å². The van der Waals surface area contributed by atoms with Crippen molar-refractivity contribution >= 4 is 17.5 Å². The first-order valence-corrected chi connectivity index (χ1v) is 7.13. The number of nitrogens with one attached hydrogen (secondary N) is 1. The molecule has 0 radical (unpaired) electrons. The van der Waals surface area contributed by atoms with Crippen molar-refractivity contribution in [2.45, 2.75) is 39.7 Å². The lowest BCUT2D eigenvalue weighted by Gasteiger charge is -2.16. The molecule has 0 spiro atoms. The van der Waals surface area contributed by atoms with Crippen LogP contribution in [0.1, 0.15) is 54.3 Å². The first kappa shape index (κ1) is 14.6. The predicted octanol–water partition coefficient (Wildman–Crippen LogP) is 3.15. The van der Waals surface area contributed by atoms with Crippen molar-refractivity contribution in [1.29, 1.82) is 0 Å². The van der Waals surface area contributed by atoms with Crippen LogP contribution in [-0.4, -0.2) is 29.8 Å². The van der Waals surface area contributed by atoms with E-state index in [4.69, 9.17) is 0 Å². The Labute approximate surface area is 120 Å². The van der Waals surface area contributed by atoms with Crippen molar-refractivity contribution in [3.63, 3.8) is 0 Å². The van der Waals surface area contributed by atoms with E-state index in [0.29, 0.717) is 23.1 Å². The molecular weight excluding hydrogens is 252 g/mol. The van der Waals surface area contributed by atoms with Crippen LogP contribution in [0.3, 0.4) is 0 Å². The minimum absolute atomic E-state index is 0.218. The monoisotopic (exact) mass is 274 g/mol. The summed E-state index contributed by atoms with van der Waals surface area (Å²) in [7, 11) is 1.52. The van der Waals surface area contributed by atoms with Gasteiger partial charge in [-0.2, -0.15) is 0 Å². The Morgan fingerprint density at radius 3 is 2.35 bits per heavy atom. The Morgan fingerprint density at radius 1 is 1.05 bits per heavy atom. The van der Waals surface area contributed by atoms with Gasteiger partial charge in [0, 0.05) is 18.8 Å². The minimum Gasteiger partial charge on any atom is -0.383 e. The molecule has 0 aromatic heterocycles. The van der Waals surface area contributed by atoms with Gasteiger partial charge in [0.2, 0.25) is 0 Å². The molecule has 1 aromatic carbocycles. The van der Waals surface area contributed by atoms with E-state index in [1.54, 1.807) is 12.1 Å². The third-order valence-corrected chi connectivity index (χ3v) is 3.68. The average molecular weight is 274 g/mol. The van der Waals surface area contributed by atoms with Crippen molar-refractivity contribution in [2.24, 2.45) is 5.92 Å². The van der Waals surface area contributed by atoms with Crippen molar-refractivity contribution in [1.82, 2.24) is 4.90 Å². The van der Waals surface area contributed by atoms with Gasteiger partial charge in [-0.1, -0.05) is 13.8 Å². The molecule has 1 unspecified atom stereocenters. The van der Waals surface area contributed by atoms with Crippen molar-refractivity contribution < 1.29 is 9.59 Å². The van der Waals surface area contributed by atoms with Crippen molar-refractivity contribution in [2.75, 3.05) is 12.4 Å². The van der Waals surface area contributed by atoms with Crippen LogP contribution in [0.5, 0.6) is 0 Å². The molecule has 1 aliphatic rings. The van der Waals surface area contributed by atoms with Gasteiger partial charge in [0.05, 0.1) is 11.1 Å². The molecule has 1 atom stereocenters. The largest absolute Gasteiger partial charge is 0.383 e. The van der Waals surface area contributed by atoms with Gasteiger partial charge in [-0.05, 0) is 43.9 Å². The molecule has 4 nitrogen and oxygen atoms in total. The van der Waals surface area contributed by atoms with Gasteiger partial charge in [-0.25, -0.2) is 0 Å². The lowest BCUT2D eigenvalue weighted by Crippen LogP contribution is -2.24. The number of anilines is 1. The Bertz CT molecular complexity index is 537. The Balaban J connectivity index is 2.09.